The predicted octanol–water partition coefficient (Wildman–Crippen LogP) is 3.57. The lowest BCUT2D eigenvalue weighted by Gasteiger charge is -2.25. The van der Waals surface area contributed by atoms with Crippen LogP contribution in [0.1, 0.15) is 12.8 Å². The number of anilines is 1. The van der Waals surface area contributed by atoms with E-state index in [9.17, 15) is 13.2 Å². The predicted molar refractivity (Wildman–Crippen MR) is 124 cm³/mol. The smallest absolute Gasteiger partial charge is 0.232 e. The summed E-state index contributed by atoms with van der Waals surface area (Å²) in [5.74, 6) is 1.75. The molecule has 0 saturated carbocycles. The minimum absolute atomic E-state index is 0.104. The summed E-state index contributed by atoms with van der Waals surface area (Å²) in [7, 11) is -3.50. The van der Waals surface area contributed by atoms with E-state index >= 15 is 0 Å². The van der Waals surface area contributed by atoms with Gasteiger partial charge in [-0.25, -0.2) is 8.42 Å². The number of ether oxygens (including phenoxy) is 2. The summed E-state index contributed by atoms with van der Waals surface area (Å²) < 4.78 is 36.9. The molecule has 31 heavy (non-hydrogen) atoms. The Morgan fingerprint density at radius 2 is 1.84 bits per heavy atom. The molecule has 2 aromatic carbocycles. The second-order valence-corrected chi connectivity index (χ2v) is 10.4. The quantitative estimate of drug-likeness (QED) is 0.410. The SMILES string of the molecule is CS(=O)(=O)N(CCCC(=O)NCCSc1ccc(Cl)cc1)c1ccc2c(c1)OCCO2. The Hall–Kier alpha value is -2.10. The zero-order valence-electron chi connectivity index (χ0n) is 17.2. The van der Waals surface area contributed by atoms with Gasteiger partial charge in [-0.05, 0) is 42.8 Å². The zero-order chi connectivity index (χ0) is 22.3. The molecule has 2 aromatic rings. The third kappa shape index (κ3) is 7.22. The second kappa shape index (κ2) is 11.0. The van der Waals surface area contributed by atoms with Crippen molar-refractivity contribution in [3.8, 4) is 11.5 Å². The molecule has 10 heteroatoms. The second-order valence-electron chi connectivity index (χ2n) is 6.92. The van der Waals surface area contributed by atoms with Crippen molar-refractivity contribution < 1.29 is 22.7 Å². The van der Waals surface area contributed by atoms with Crippen LogP contribution in [-0.4, -0.2) is 52.6 Å². The van der Waals surface area contributed by atoms with E-state index in [-0.39, 0.29) is 18.9 Å². The molecule has 7 nitrogen and oxygen atoms in total. The molecule has 3 rings (SSSR count). The van der Waals surface area contributed by atoms with E-state index in [1.54, 1.807) is 30.0 Å². The number of hydrogen-bond donors (Lipinski definition) is 1. The van der Waals surface area contributed by atoms with Gasteiger partial charge in [-0.15, -0.1) is 11.8 Å². The van der Waals surface area contributed by atoms with Crippen LogP contribution in [0.4, 0.5) is 5.69 Å². The molecule has 0 aromatic heterocycles. The summed E-state index contributed by atoms with van der Waals surface area (Å²) in [6, 6.07) is 12.6. The topological polar surface area (TPSA) is 84.9 Å². The van der Waals surface area contributed by atoms with Gasteiger partial charge in [0.15, 0.2) is 11.5 Å². The fourth-order valence-electron chi connectivity index (χ4n) is 3.04. The summed E-state index contributed by atoms with van der Waals surface area (Å²) in [6.07, 6.45) is 1.79. The molecule has 1 heterocycles. The molecule has 0 unspecified atom stereocenters. The lowest BCUT2D eigenvalue weighted by Crippen LogP contribution is -2.32. The van der Waals surface area contributed by atoms with Crippen LogP contribution in [-0.2, 0) is 14.8 Å². The summed E-state index contributed by atoms with van der Waals surface area (Å²) in [4.78, 5) is 13.2. The van der Waals surface area contributed by atoms with Crippen molar-refractivity contribution >= 4 is 45.0 Å². The molecule has 0 aliphatic carbocycles. The van der Waals surface area contributed by atoms with Crippen molar-refractivity contribution in [3.63, 3.8) is 0 Å². The molecular weight excluding hydrogens is 460 g/mol. The maximum Gasteiger partial charge on any atom is 0.232 e. The Kier molecular flexibility index (Phi) is 8.34. The number of sulfonamides is 1. The monoisotopic (exact) mass is 484 g/mol. The van der Waals surface area contributed by atoms with Crippen LogP contribution >= 0.6 is 23.4 Å². The molecule has 0 radical (unpaired) electrons. The Labute approximate surface area is 192 Å². The molecule has 0 atom stereocenters. The van der Waals surface area contributed by atoms with Gasteiger partial charge in [0.25, 0.3) is 0 Å². The highest BCUT2D eigenvalue weighted by Crippen LogP contribution is 2.34. The lowest BCUT2D eigenvalue weighted by molar-refractivity contribution is -0.121. The van der Waals surface area contributed by atoms with Crippen LogP contribution in [0.15, 0.2) is 47.4 Å². The molecule has 0 spiro atoms. The van der Waals surface area contributed by atoms with E-state index in [4.69, 9.17) is 21.1 Å². The highest BCUT2D eigenvalue weighted by molar-refractivity contribution is 7.99. The Balaban J connectivity index is 1.45. The minimum Gasteiger partial charge on any atom is -0.486 e. The van der Waals surface area contributed by atoms with Crippen LogP contribution in [0.2, 0.25) is 5.02 Å². The number of thioether (sulfide) groups is 1. The van der Waals surface area contributed by atoms with Gasteiger partial charge >= 0.3 is 0 Å². The minimum atomic E-state index is -3.50. The highest BCUT2D eigenvalue weighted by Gasteiger charge is 2.21. The number of rotatable bonds is 10. The van der Waals surface area contributed by atoms with Crippen molar-refractivity contribution in [1.29, 1.82) is 0 Å². The van der Waals surface area contributed by atoms with Gasteiger partial charge in [0, 0.05) is 41.2 Å². The number of amides is 1. The third-order valence-corrected chi connectivity index (χ3v) is 6.95. The van der Waals surface area contributed by atoms with Crippen LogP contribution in [0.5, 0.6) is 11.5 Å². The maximum atomic E-state index is 12.3. The van der Waals surface area contributed by atoms with Crippen LogP contribution in [0, 0.1) is 0 Å². The van der Waals surface area contributed by atoms with E-state index in [1.165, 1.54) is 4.31 Å². The van der Waals surface area contributed by atoms with E-state index in [0.717, 1.165) is 16.9 Å². The third-order valence-electron chi connectivity index (χ3n) is 4.49. The molecule has 0 fully saturated rings. The van der Waals surface area contributed by atoms with Crippen molar-refractivity contribution in [2.45, 2.75) is 17.7 Å². The first-order chi connectivity index (χ1) is 14.8. The van der Waals surface area contributed by atoms with Gasteiger partial charge < -0.3 is 14.8 Å². The first-order valence-corrected chi connectivity index (χ1v) is 13.1. The van der Waals surface area contributed by atoms with Crippen molar-refractivity contribution in [3.05, 3.63) is 47.5 Å². The van der Waals surface area contributed by atoms with Crippen LogP contribution in [0.25, 0.3) is 0 Å². The Morgan fingerprint density at radius 1 is 1.13 bits per heavy atom. The molecule has 0 bridgehead atoms. The molecule has 0 saturated heterocycles. The molecule has 1 aliphatic heterocycles. The Bertz CT molecular complexity index is 999. The molecule has 1 amide bonds. The average Bonchev–Trinajstić information content (AvgIpc) is 2.74. The number of nitrogens with zero attached hydrogens (tertiary/aromatic N) is 1. The van der Waals surface area contributed by atoms with Crippen LogP contribution < -0.4 is 19.1 Å². The van der Waals surface area contributed by atoms with Crippen LogP contribution in [0.3, 0.4) is 0 Å². The summed E-state index contributed by atoms with van der Waals surface area (Å²) >= 11 is 7.49. The van der Waals surface area contributed by atoms with Gasteiger partial charge in [-0.3, -0.25) is 9.10 Å². The fraction of sp³-hybridized carbons (Fsp3) is 0.381. The van der Waals surface area contributed by atoms with E-state index in [1.807, 2.05) is 24.3 Å². The maximum absolute atomic E-state index is 12.3. The highest BCUT2D eigenvalue weighted by atomic mass is 35.5. The number of carbonyl (C=O) groups is 1. The van der Waals surface area contributed by atoms with Crippen molar-refractivity contribution in [1.82, 2.24) is 5.32 Å². The average molecular weight is 485 g/mol. The van der Waals surface area contributed by atoms with Crippen molar-refractivity contribution in [2.24, 2.45) is 0 Å². The van der Waals surface area contributed by atoms with Gasteiger partial charge in [-0.2, -0.15) is 0 Å². The summed E-state index contributed by atoms with van der Waals surface area (Å²) in [5, 5.41) is 3.56. The van der Waals surface area contributed by atoms with Crippen molar-refractivity contribution in [2.75, 3.05) is 42.6 Å². The fourth-order valence-corrected chi connectivity index (χ4v) is 4.89. The summed E-state index contributed by atoms with van der Waals surface area (Å²) in [6.45, 7) is 1.62. The lowest BCUT2D eigenvalue weighted by atomic mass is 10.2. The van der Waals surface area contributed by atoms with E-state index in [0.29, 0.717) is 48.4 Å². The Morgan fingerprint density at radius 3 is 2.55 bits per heavy atom. The normalized spacial score (nSPS) is 13.0. The standard InChI is InChI=1S/C21H25ClN2O5S2/c1-31(26,27)24(17-6-9-19-20(15-17)29-13-12-28-19)11-2-3-21(25)23-10-14-30-18-7-4-16(22)5-8-18/h4-9,15H,2-3,10-14H2,1H3,(H,23,25). The first-order valence-electron chi connectivity index (χ1n) is 9.85. The number of benzene rings is 2. The number of fused-ring (bicyclic) bond motifs is 1. The molecular formula is C21H25ClN2O5S2. The largest absolute Gasteiger partial charge is 0.486 e. The van der Waals surface area contributed by atoms with Gasteiger partial charge in [0.1, 0.15) is 13.2 Å². The number of hydrogen-bond acceptors (Lipinski definition) is 6. The zero-order valence-corrected chi connectivity index (χ0v) is 19.6. The van der Waals surface area contributed by atoms with Gasteiger partial charge in [-0.1, -0.05) is 11.6 Å². The number of nitrogens with one attached hydrogen (secondary N) is 1. The molecule has 168 valence electrons. The molecule has 1 aliphatic rings. The van der Waals surface area contributed by atoms with E-state index in [2.05, 4.69) is 5.32 Å². The van der Waals surface area contributed by atoms with E-state index < -0.39 is 10.0 Å². The number of halogens is 1. The molecule has 1 N–H and O–H groups in total. The summed E-state index contributed by atoms with van der Waals surface area (Å²) in [5.41, 5.74) is 0.492. The number of carbonyl (C=O) groups excluding carboxylic acids is 1. The first kappa shape index (κ1) is 23.6. The van der Waals surface area contributed by atoms with Gasteiger partial charge in [0.2, 0.25) is 15.9 Å². The van der Waals surface area contributed by atoms with Gasteiger partial charge in [0.05, 0.1) is 11.9 Å².